The highest BCUT2D eigenvalue weighted by Gasteiger charge is 2.24. The normalized spacial score (nSPS) is 17.8. The third kappa shape index (κ3) is 5.36. The minimum absolute atomic E-state index is 0.0451. The van der Waals surface area contributed by atoms with E-state index in [4.69, 9.17) is 4.98 Å². The molecule has 1 atom stereocenters. The Balaban J connectivity index is 1.07. The molecule has 2 amide bonds. The molecule has 10 heteroatoms. The lowest BCUT2D eigenvalue weighted by Gasteiger charge is -2.34. The molecule has 0 spiro atoms. The minimum atomic E-state index is -0.291. The number of hydrogen-bond donors (Lipinski definition) is 4. The summed E-state index contributed by atoms with van der Waals surface area (Å²) in [4.78, 5) is 25.4. The number of carbonyl (C=O) groups is 1. The maximum Gasteiger partial charge on any atom is 0.323 e. The van der Waals surface area contributed by atoms with Gasteiger partial charge in [-0.1, -0.05) is 34.1 Å². The Morgan fingerprint density at radius 3 is 2.55 bits per heavy atom. The summed E-state index contributed by atoms with van der Waals surface area (Å²) >= 11 is 3.41. The van der Waals surface area contributed by atoms with Gasteiger partial charge >= 0.3 is 6.03 Å². The molecule has 1 aromatic heterocycles. The third-order valence-electron chi connectivity index (χ3n) is 7.01. The molecule has 3 heterocycles. The van der Waals surface area contributed by atoms with E-state index >= 15 is 0 Å². The topological polar surface area (TPSA) is 101 Å². The van der Waals surface area contributed by atoms with Crippen molar-refractivity contribution in [1.29, 1.82) is 0 Å². The lowest BCUT2D eigenvalue weighted by atomic mass is 10.0. The summed E-state index contributed by atoms with van der Waals surface area (Å²) in [5.41, 5.74) is 9.87. The lowest BCUT2D eigenvalue weighted by molar-refractivity contribution is 0.262. The van der Waals surface area contributed by atoms with Gasteiger partial charge in [0.05, 0.1) is 17.1 Å². The zero-order valence-corrected chi connectivity index (χ0v) is 22.6. The summed E-state index contributed by atoms with van der Waals surface area (Å²) in [5.74, 6) is 0.799. The highest BCUT2D eigenvalue weighted by Crippen LogP contribution is 2.27. The number of nitrogens with zero attached hydrogens (tertiary/aromatic N) is 4. The van der Waals surface area contributed by atoms with Crippen LogP contribution in [0.25, 0.3) is 11.0 Å². The van der Waals surface area contributed by atoms with Crippen molar-refractivity contribution in [2.24, 2.45) is 5.10 Å². The van der Waals surface area contributed by atoms with Gasteiger partial charge in [0.25, 0.3) is 0 Å². The molecule has 1 fully saturated rings. The Bertz CT molecular complexity index is 1490. The predicted molar refractivity (Wildman–Crippen MR) is 156 cm³/mol. The van der Waals surface area contributed by atoms with Gasteiger partial charge < -0.3 is 30.8 Å². The van der Waals surface area contributed by atoms with Gasteiger partial charge in [0, 0.05) is 54.1 Å². The maximum absolute atomic E-state index is 12.3. The second-order valence-electron chi connectivity index (χ2n) is 9.73. The summed E-state index contributed by atoms with van der Waals surface area (Å²) in [6.07, 6.45) is 0.723. The largest absolute Gasteiger partial charge is 0.369 e. The number of carbonyl (C=O) groups excluding carboxylic acids is 1. The first-order valence-corrected chi connectivity index (χ1v) is 13.5. The first kappa shape index (κ1) is 24.4. The van der Waals surface area contributed by atoms with Gasteiger partial charge in [-0.05, 0) is 61.1 Å². The number of likely N-dealkylation sites (N-methyl/N-ethyl adjacent to an activating group) is 1. The Hall–Kier alpha value is -3.89. The number of piperazine rings is 1. The molecule has 0 bridgehead atoms. The van der Waals surface area contributed by atoms with Gasteiger partial charge in [0.15, 0.2) is 5.82 Å². The summed E-state index contributed by atoms with van der Waals surface area (Å²) < 4.78 is 0.906. The maximum atomic E-state index is 12.3. The number of aromatic nitrogens is 2. The highest BCUT2D eigenvalue weighted by molar-refractivity contribution is 9.10. The average Bonchev–Trinajstić information content (AvgIpc) is 3.57. The number of benzene rings is 3. The molecule has 9 nitrogen and oxygen atoms in total. The molecular weight excluding hydrogens is 544 g/mol. The number of nitrogens with one attached hydrogen (secondary N) is 4. The number of H-pyrrole nitrogens is 1. The molecule has 6 rings (SSSR count). The van der Waals surface area contributed by atoms with Crippen molar-refractivity contribution < 1.29 is 4.79 Å². The zero-order chi connectivity index (χ0) is 26.1. The molecule has 2 aliphatic rings. The molecule has 0 saturated carbocycles. The second kappa shape index (κ2) is 10.5. The Morgan fingerprint density at radius 1 is 0.974 bits per heavy atom. The number of fused-ring (bicyclic) bond motifs is 1. The van der Waals surface area contributed by atoms with E-state index in [9.17, 15) is 4.79 Å². The highest BCUT2D eigenvalue weighted by atomic mass is 79.9. The van der Waals surface area contributed by atoms with Crippen LogP contribution in [-0.4, -0.2) is 59.8 Å². The molecule has 4 aromatic rings. The Kier molecular flexibility index (Phi) is 6.73. The van der Waals surface area contributed by atoms with Gasteiger partial charge in [0.2, 0.25) is 0 Å². The van der Waals surface area contributed by atoms with E-state index < -0.39 is 0 Å². The summed E-state index contributed by atoms with van der Waals surface area (Å²) in [6, 6.07) is 21.5. The van der Waals surface area contributed by atoms with Crippen LogP contribution in [0.15, 0.2) is 76.3 Å². The van der Waals surface area contributed by atoms with Crippen LogP contribution in [0.4, 0.5) is 21.9 Å². The summed E-state index contributed by atoms with van der Waals surface area (Å²) in [6.45, 7) is 4.22. The van der Waals surface area contributed by atoms with Crippen molar-refractivity contribution in [2.75, 3.05) is 48.8 Å². The van der Waals surface area contributed by atoms with Gasteiger partial charge in [0.1, 0.15) is 5.71 Å². The summed E-state index contributed by atoms with van der Waals surface area (Å²) in [7, 11) is 2.17. The molecule has 1 unspecified atom stereocenters. The molecular formula is C28H29BrN8O. The quantitative estimate of drug-likeness (QED) is 0.264. The first-order valence-electron chi connectivity index (χ1n) is 12.7. The van der Waals surface area contributed by atoms with E-state index in [1.54, 1.807) is 0 Å². The molecule has 0 aliphatic carbocycles. The van der Waals surface area contributed by atoms with E-state index in [1.807, 2.05) is 48.5 Å². The van der Waals surface area contributed by atoms with Crippen LogP contribution >= 0.6 is 15.9 Å². The molecule has 2 aliphatic heterocycles. The van der Waals surface area contributed by atoms with Crippen molar-refractivity contribution in [3.8, 4) is 0 Å². The second-order valence-corrected chi connectivity index (χ2v) is 10.6. The smallest absolute Gasteiger partial charge is 0.323 e. The fraction of sp³-hybridized carbons (Fsp3) is 0.250. The number of aromatic amines is 1. The number of imidazole rings is 1. The van der Waals surface area contributed by atoms with Crippen molar-refractivity contribution in [3.05, 3.63) is 82.6 Å². The van der Waals surface area contributed by atoms with Crippen molar-refractivity contribution in [1.82, 2.24) is 20.3 Å². The van der Waals surface area contributed by atoms with E-state index in [-0.39, 0.29) is 12.1 Å². The number of hydrogen-bond acceptors (Lipinski definition) is 6. The fourth-order valence-corrected chi connectivity index (χ4v) is 5.24. The Morgan fingerprint density at radius 2 is 1.76 bits per heavy atom. The fourth-order valence-electron chi connectivity index (χ4n) is 4.84. The standard InChI is InChI=1S/C28H29BrN8O/c1-36-11-13-37(14-12-36)22-9-10-23-25(16-22)33-27(32-23)26-17-24(34-35-26)18-5-7-20(8-6-18)30-28(38)31-21-4-2-3-19(29)15-21/h2-10,15-16,24,34H,11-14,17H2,1H3,(H,32,33)(H2,30,31,38). The van der Waals surface area contributed by atoms with Gasteiger partial charge in [-0.2, -0.15) is 5.10 Å². The number of amides is 2. The van der Waals surface area contributed by atoms with Crippen molar-refractivity contribution in [3.63, 3.8) is 0 Å². The van der Waals surface area contributed by atoms with Crippen LogP contribution in [0.1, 0.15) is 23.9 Å². The minimum Gasteiger partial charge on any atom is -0.369 e. The molecule has 1 saturated heterocycles. The number of anilines is 3. The van der Waals surface area contributed by atoms with Crippen LogP contribution in [-0.2, 0) is 0 Å². The predicted octanol–water partition coefficient (Wildman–Crippen LogP) is 5.16. The SMILES string of the molecule is CN1CCN(c2ccc3nc(C4=NNC(c5ccc(NC(=O)Nc6cccc(Br)c6)cc5)C4)[nH]c3c2)CC1. The van der Waals surface area contributed by atoms with E-state index in [0.29, 0.717) is 5.69 Å². The molecule has 0 radical (unpaired) electrons. The molecule has 4 N–H and O–H groups in total. The average molecular weight is 573 g/mol. The number of urea groups is 1. The molecule has 38 heavy (non-hydrogen) atoms. The summed E-state index contributed by atoms with van der Waals surface area (Å²) in [5, 5.41) is 10.3. The number of rotatable bonds is 5. The van der Waals surface area contributed by atoms with Crippen LogP contribution in [0, 0.1) is 0 Å². The molecule has 3 aromatic carbocycles. The Labute approximate surface area is 229 Å². The van der Waals surface area contributed by atoms with Gasteiger partial charge in [-0.15, -0.1) is 0 Å². The van der Waals surface area contributed by atoms with Crippen LogP contribution < -0.4 is 21.0 Å². The third-order valence-corrected chi connectivity index (χ3v) is 7.51. The van der Waals surface area contributed by atoms with Crippen LogP contribution in [0.2, 0.25) is 0 Å². The van der Waals surface area contributed by atoms with E-state index in [2.05, 4.69) is 77.1 Å². The number of hydrazone groups is 1. The van der Waals surface area contributed by atoms with Crippen LogP contribution in [0.5, 0.6) is 0 Å². The van der Waals surface area contributed by atoms with Gasteiger partial charge in [-0.3, -0.25) is 0 Å². The number of halogens is 1. The van der Waals surface area contributed by atoms with E-state index in [0.717, 1.165) is 70.9 Å². The van der Waals surface area contributed by atoms with Gasteiger partial charge in [-0.25, -0.2) is 9.78 Å². The zero-order valence-electron chi connectivity index (χ0n) is 21.0. The monoisotopic (exact) mass is 572 g/mol. The lowest BCUT2D eigenvalue weighted by Crippen LogP contribution is -2.44. The van der Waals surface area contributed by atoms with Crippen molar-refractivity contribution in [2.45, 2.75) is 12.5 Å². The first-order chi connectivity index (χ1) is 18.5. The van der Waals surface area contributed by atoms with Crippen LogP contribution in [0.3, 0.4) is 0 Å². The van der Waals surface area contributed by atoms with E-state index in [1.165, 1.54) is 5.69 Å². The van der Waals surface area contributed by atoms with Crippen molar-refractivity contribution >= 4 is 55.8 Å². The molecule has 194 valence electrons.